The van der Waals surface area contributed by atoms with E-state index >= 15 is 0 Å². The number of hydrogen-bond acceptors (Lipinski definition) is 2. The molecule has 1 radical (unpaired) electrons. The molecule has 0 aromatic heterocycles. The lowest BCUT2D eigenvalue weighted by Crippen LogP contribution is -2.20. The van der Waals surface area contributed by atoms with Gasteiger partial charge in [0.25, 0.3) is 0 Å². The molecule has 8 heavy (non-hydrogen) atoms. The molecule has 0 N–H and O–H groups in total. The van der Waals surface area contributed by atoms with Crippen LogP contribution in [0.4, 0.5) is 0 Å². The van der Waals surface area contributed by atoms with Gasteiger partial charge in [0.1, 0.15) is 5.91 Å². The maximum atomic E-state index is 4.94. The van der Waals surface area contributed by atoms with Gasteiger partial charge in [-0.15, -0.1) is 0 Å². The highest BCUT2D eigenvalue weighted by molar-refractivity contribution is 6.36. The Morgan fingerprint density at radius 1 is 1.50 bits per heavy atom. The third-order valence-electron chi connectivity index (χ3n) is 0.966. The molecule has 0 aromatic carbocycles. The van der Waals surface area contributed by atoms with Gasteiger partial charge < -0.3 is 9.47 Å². The molecule has 49 valence electrons. The molecule has 2 nitrogen and oxygen atoms in total. The number of rotatable bonds is 4. The quantitative estimate of drug-likeness (QED) is 0.396. The van der Waals surface area contributed by atoms with Gasteiger partial charge in [0.15, 0.2) is 0 Å². The molecule has 0 unspecified atom stereocenters. The largest absolute Gasteiger partial charge is 0.360 e. The van der Waals surface area contributed by atoms with Gasteiger partial charge in [0.2, 0.25) is 0 Å². The molecule has 0 rings (SSSR count). The van der Waals surface area contributed by atoms with E-state index in [0.717, 1.165) is 6.04 Å². The van der Waals surface area contributed by atoms with Gasteiger partial charge in [-0.1, -0.05) is 13.0 Å². The summed E-state index contributed by atoms with van der Waals surface area (Å²) in [7, 11) is 3.11. The van der Waals surface area contributed by atoms with E-state index in [2.05, 4.69) is 6.92 Å². The summed E-state index contributed by atoms with van der Waals surface area (Å²) in [4.78, 5) is 0. The van der Waals surface area contributed by atoms with Gasteiger partial charge in [-0.05, 0) is 0 Å². The van der Waals surface area contributed by atoms with Crippen molar-refractivity contribution in [2.24, 2.45) is 0 Å². The molecule has 0 amide bonds. The lowest BCUT2D eigenvalue weighted by molar-refractivity contribution is -0.0439. The van der Waals surface area contributed by atoms with Crippen LogP contribution in [0.25, 0.3) is 0 Å². The average molecular weight is 133 g/mol. The van der Waals surface area contributed by atoms with E-state index in [1.807, 2.05) is 0 Å². The molecule has 0 aliphatic carbocycles. The van der Waals surface area contributed by atoms with Crippen molar-refractivity contribution in [3.05, 3.63) is 6.92 Å². The molecule has 0 spiro atoms. The van der Waals surface area contributed by atoms with Crippen molar-refractivity contribution in [2.45, 2.75) is 12.0 Å². The molecule has 0 atom stereocenters. The summed E-state index contributed by atoms with van der Waals surface area (Å²) in [5.74, 6) is 0.0764. The van der Waals surface area contributed by atoms with Crippen LogP contribution in [0.1, 0.15) is 0 Å². The van der Waals surface area contributed by atoms with E-state index in [-0.39, 0.29) is 15.4 Å². The average Bonchev–Trinajstić information content (AvgIpc) is 1.83. The third kappa shape index (κ3) is 3.18. The van der Waals surface area contributed by atoms with E-state index in [1.165, 1.54) is 0 Å². The highest BCUT2D eigenvalue weighted by Crippen LogP contribution is 1.89. The molecular weight excluding hydrogens is 120 g/mol. The number of methoxy groups -OCH3 is 2. The van der Waals surface area contributed by atoms with Crippen LogP contribution >= 0.6 is 0 Å². The fraction of sp³-hybridized carbons (Fsp3) is 0.800. The van der Waals surface area contributed by atoms with Crippen molar-refractivity contribution in [1.82, 2.24) is 0 Å². The fourth-order valence-electron chi connectivity index (χ4n) is 0.499. The second kappa shape index (κ2) is 5.28. The predicted octanol–water partition coefficient (Wildman–Crippen LogP) is -0.0160. The topological polar surface area (TPSA) is 18.5 Å². The maximum Gasteiger partial charge on any atom is 0.134 e. The van der Waals surface area contributed by atoms with Gasteiger partial charge in [0, 0.05) is 14.2 Å². The van der Waals surface area contributed by atoms with Gasteiger partial charge in [-0.3, -0.25) is 0 Å². The molecular formula is C5H13O2Si. The fourth-order valence-corrected chi connectivity index (χ4v) is 1.30. The normalized spacial score (nSPS) is 12.0. The van der Waals surface area contributed by atoms with Crippen molar-refractivity contribution in [1.29, 1.82) is 0 Å². The van der Waals surface area contributed by atoms with Crippen molar-refractivity contribution in [3.63, 3.8) is 0 Å². The zero-order chi connectivity index (χ0) is 6.41. The van der Waals surface area contributed by atoms with Gasteiger partial charge in [-0.25, -0.2) is 0 Å². The smallest absolute Gasteiger partial charge is 0.134 e. The van der Waals surface area contributed by atoms with Gasteiger partial charge in [-0.2, -0.15) is 0 Å². The van der Waals surface area contributed by atoms with Crippen molar-refractivity contribution < 1.29 is 9.47 Å². The minimum Gasteiger partial charge on any atom is -0.360 e. The monoisotopic (exact) mass is 133 g/mol. The summed E-state index contributed by atoms with van der Waals surface area (Å²) in [5, 5.41) is 0. The Balaban J connectivity index is 3.07. The maximum absolute atomic E-state index is 4.94. The first kappa shape index (κ1) is 8.14. The Hall–Kier alpha value is 0.137. The summed E-state index contributed by atoms with van der Waals surface area (Å²) < 4.78 is 9.88. The van der Waals surface area contributed by atoms with Crippen LogP contribution < -0.4 is 0 Å². The summed E-state index contributed by atoms with van der Waals surface area (Å²) in [6, 6.07) is 0.992. The molecule has 0 heterocycles. The molecule has 0 aliphatic heterocycles. The van der Waals surface area contributed by atoms with Crippen molar-refractivity contribution in [3.8, 4) is 0 Å². The molecule has 0 saturated carbocycles. The van der Waals surface area contributed by atoms with E-state index in [0.29, 0.717) is 0 Å². The first-order valence-corrected chi connectivity index (χ1v) is 4.51. The third-order valence-corrected chi connectivity index (χ3v) is 2.51. The van der Waals surface area contributed by atoms with E-state index in [9.17, 15) is 0 Å². The second-order valence-corrected chi connectivity index (χ2v) is 3.49. The predicted molar refractivity (Wildman–Crippen MR) is 36.5 cm³/mol. The first-order chi connectivity index (χ1) is 3.85. The van der Waals surface area contributed by atoms with Crippen LogP contribution in [-0.2, 0) is 9.47 Å². The van der Waals surface area contributed by atoms with Crippen molar-refractivity contribution in [2.75, 3.05) is 14.2 Å². The van der Waals surface area contributed by atoms with E-state index in [1.54, 1.807) is 14.2 Å². The Bertz CT molecular complexity index is 45.7. The highest BCUT2D eigenvalue weighted by Gasteiger charge is 2.00. The zero-order valence-corrected chi connectivity index (χ0v) is 6.93. The van der Waals surface area contributed by atoms with Crippen LogP contribution in [0.3, 0.4) is 0 Å². The standard InChI is InChI=1S/C5H13O2Si/c1-4-8-5(6-2)7-3/h5H,1,4,8H2,2-3H3. The van der Waals surface area contributed by atoms with Crippen LogP contribution in [0.2, 0.25) is 6.04 Å². The minimum absolute atomic E-state index is 0.0764. The highest BCUT2D eigenvalue weighted by atomic mass is 28.2. The van der Waals surface area contributed by atoms with Crippen LogP contribution in [0.5, 0.6) is 0 Å². The molecule has 0 aliphatic rings. The van der Waals surface area contributed by atoms with E-state index in [4.69, 9.17) is 9.47 Å². The molecule has 0 fully saturated rings. The summed E-state index contributed by atoms with van der Waals surface area (Å²) in [5.41, 5.74) is 0. The van der Waals surface area contributed by atoms with Crippen LogP contribution in [0.15, 0.2) is 0 Å². The second-order valence-electron chi connectivity index (χ2n) is 1.54. The molecule has 0 saturated heterocycles. The van der Waals surface area contributed by atoms with Gasteiger partial charge in [0.05, 0.1) is 9.52 Å². The van der Waals surface area contributed by atoms with Crippen LogP contribution in [0, 0.1) is 6.92 Å². The molecule has 0 aromatic rings. The summed E-state index contributed by atoms with van der Waals surface area (Å²) in [6.07, 6.45) is 0. The Morgan fingerprint density at radius 3 is 2.12 bits per heavy atom. The summed E-state index contributed by atoms with van der Waals surface area (Å²) >= 11 is 0. The zero-order valence-electron chi connectivity index (χ0n) is 5.52. The lowest BCUT2D eigenvalue weighted by atomic mass is 11.0. The molecule has 0 bridgehead atoms. The first-order valence-electron chi connectivity index (χ1n) is 2.70. The van der Waals surface area contributed by atoms with Crippen molar-refractivity contribution >= 4 is 9.52 Å². The van der Waals surface area contributed by atoms with E-state index < -0.39 is 0 Å². The lowest BCUT2D eigenvalue weighted by Gasteiger charge is -2.09. The van der Waals surface area contributed by atoms with Gasteiger partial charge >= 0.3 is 0 Å². The Labute approximate surface area is 53.0 Å². The summed E-state index contributed by atoms with van der Waals surface area (Å²) in [6.45, 7) is 3.72. The SMILES string of the molecule is [CH2]C[SiH2]C(OC)OC. The minimum atomic E-state index is -0.220. The Morgan fingerprint density at radius 2 is 2.00 bits per heavy atom. The number of ether oxygens (including phenoxy) is 2. The number of hydrogen-bond donors (Lipinski definition) is 0. The molecule has 3 heteroatoms. The Kier molecular flexibility index (Phi) is 5.37. The van der Waals surface area contributed by atoms with Crippen LogP contribution in [-0.4, -0.2) is 29.7 Å².